The van der Waals surface area contributed by atoms with E-state index in [1.165, 1.54) is 64.2 Å². The van der Waals surface area contributed by atoms with E-state index < -0.39 is 20.7 Å². The quantitative estimate of drug-likeness (QED) is 0.414. The van der Waals surface area contributed by atoms with E-state index in [4.69, 9.17) is 2.60 Å². The van der Waals surface area contributed by atoms with Crippen molar-refractivity contribution in [2.45, 2.75) is 71.5 Å². The van der Waals surface area contributed by atoms with Crippen molar-refractivity contribution in [1.82, 2.24) is 0 Å². The van der Waals surface area contributed by atoms with Gasteiger partial charge in [-0.2, -0.15) is 0 Å². The molecule has 2 aliphatic carbocycles. The van der Waals surface area contributed by atoms with Crippen LogP contribution in [0.1, 0.15) is 64.2 Å². The van der Waals surface area contributed by atoms with E-state index >= 15 is 0 Å². The van der Waals surface area contributed by atoms with Gasteiger partial charge >= 0.3 is 138 Å². The van der Waals surface area contributed by atoms with Crippen molar-refractivity contribution in [3.05, 3.63) is 30.3 Å². The molecule has 2 fully saturated rings. The summed E-state index contributed by atoms with van der Waals surface area (Å²) in [5, 5.41) is 0. The van der Waals surface area contributed by atoms with Gasteiger partial charge in [-0.25, -0.2) is 0 Å². The standard InChI is InChI=1S/2C6H11.C6H5.Bi.H2OP.H/c3*1-2-4-6-5-3-1;;1-2;/h2*1H,2-6H2;1-5H;;2H2;/q;;;+1;-1;. The third kappa shape index (κ3) is 3.39. The summed E-state index contributed by atoms with van der Waals surface area (Å²) < 4.78 is 10.0. The fraction of sp³-hybridized carbons (Fsp3) is 0.667. The van der Waals surface area contributed by atoms with Gasteiger partial charge in [0.1, 0.15) is 0 Å². The summed E-state index contributed by atoms with van der Waals surface area (Å²) in [5.41, 5.74) is 0. The Labute approximate surface area is 137 Å². The molecule has 2 aliphatic rings. The van der Waals surface area contributed by atoms with E-state index in [1.54, 1.807) is 3.27 Å². The summed E-state index contributed by atoms with van der Waals surface area (Å²) in [7, 11) is 2.74. The second-order valence-electron chi connectivity index (χ2n) is 6.95. The molecule has 1 unspecified atom stereocenters. The van der Waals surface area contributed by atoms with Gasteiger partial charge in [-0.1, -0.05) is 0 Å². The van der Waals surface area contributed by atoms with Gasteiger partial charge in [-0.05, 0) is 0 Å². The molecule has 1 nitrogen and oxygen atoms in total. The minimum absolute atomic E-state index is 0.911. The van der Waals surface area contributed by atoms with Gasteiger partial charge in [-0.15, -0.1) is 0 Å². The predicted octanol–water partition coefficient (Wildman–Crippen LogP) is 5.05. The Morgan fingerprint density at radius 2 is 1.24 bits per heavy atom. The zero-order chi connectivity index (χ0) is 14.5. The fourth-order valence-corrected chi connectivity index (χ4v) is 30.3. The van der Waals surface area contributed by atoms with Crippen molar-refractivity contribution in [1.29, 1.82) is 0 Å². The third-order valence-corrected chi connectivity index (χ3v) is 29.5. The van der Waals surface area contributed by atoms with Gasteiger partial charge in [0.2, 0.25) is 0 Å². The molecule has 0 aliphatic heterocycles. The minimum atomic E-state index is -2.97. The van der Waals surface area contributed by atoms with Crippen LogP contribution in [0.2, 0.25) is 7.25 Å². The average Bonchev–Trinajstić information content (AvgIpc) is 2.59. The van der Waals surface area contributed by atoms with Crippen LogP contribution in [0.4, 0.5) is 0 Å². The second kappa shape index (κ2) is 7.85. The first-order chi connectivity index (χ1) is 10.4. The van der Waals surface area contributed by atoms with Crippen molar-refractivity contribution in [2.24, 2.45) is 0 Å². The van der Waals surface area contributed by atoms with Crippen LogP contribution in [0.5, 0.6) is 0 Å². The third-order valence-electron chi connectivity index (χ3n) is 5.84. The van der Waals surface area contributed by atoms with Crippen LogP contribution in [0.15, 0.2) is 30.3 Å². The zero-order valence-electron chi connectivity index (χ0n) is 13.1. The first kappa shape index (κ1) is 16.4. The molecular weight excluding hydrogens is 472 g/mol. The monoisotopic (exact) mass is 502 g/mol. The Hall–Kier alpha value is 0.493. The van der Waals surface area contributed by atoms with Crippen molar-refractivity contribution in [2.75, 3.05) is 0 Å². The van der Waals surface area contributed by atoms with Crippen molar-refractivity contribution in [3.8, 4) is 0 Å². The SMILES string of the molecule is P[O][BiH]([c]1ccccc1)([CH]1CCCCC1)[CH]1CCCCC1. The molecule has 2 saturated carbocycles. The van der Waals surface area contributed by atoms with Crippen LogP contribution in [0.25, 0.3) is 0 Å². The van der Waals surface area contributed by atoms with Gasteiger partial charge in [-0.3, -0.25) is 0 Å². The van der Waals surface area contributed by atoms with E-state index in [2.05, 4.69) is 39.8 Å². The predicted molar refractivity (Wildman–Crippen MR) is 97.7 cm³/mol. The number of hydrogen-bond donors (Lipinski definition) is 0. The molecular formula is C18H30BiOP. The van der Waals surface area contributed by atoms with Gasteiger partial charge in [0.15, 0.2) is 0 Å². The van der Waals surface area contributed by atoms with Gasteiger partial charge in [0, 0.05) is 0 Å². The Balaban J connectivity index is 1.98. The normalized spacial score (nSPS) is 23.1. The van der Waals surface area contributed by atoms with Crippen LogP contribution >= 0.6 is 9.47 Å². The average molecular weight is 502 g/mol. The van der Waals surface area contributed by atoms with Crippen LogP contribution in [0.3, 0.4) is 0 Å². The summed E-state index contributed by atoms with van der Waals surface area (Å²) in [6.07, 6.45) is 14.3. The topological polar surface area (TPSA) is 9.23 Å². The molecule has 0 aromatic heterocycles. The van der Waals surface area contributed by atoms with E-state index in [0.717, 1.165) is 7.25 Å². The Morgan fingerprint density at radius 3 is 1.67 bits per heavy atom. The number of hydrogen-bond acceptors (Lipinski definition) is 1. The van der Waals surface area contributed by atoms with Crippen molar-refractivity contribution >= 4 is 33.4 Å². The summed E-state index contributed by atoms with van der Waals surface area (Å²) in [5.74, 6) is 0. The number of benzene rings is 1. The molecule has 0 amide bonds. The maximum absolute atomic E-state index is 6.54. The Kier molecular flexibility index (Phi) is 6.11. The van der Waals surface area contributed by atoms with E-state index in [9.17, 15) is 0 Å². The summed E-state index contributed by atoms with van der Waals surface area (Å²) in [6.45, 7) is 0. The van der Waals surface area contributed by atoms with Gasteiger partial charge < -0.3 is 0 Å². The molecule has 1 aromatic carbocycles. The van der Waals surface area contributed by atoms with Gasteiger partial charge in [0.25, 0.3) is 0 Å². The molecule has 0 heterocycles. The Bertz CT molecular complexity index is 406. The van der Waals surface area contributed by atoms with Crippen molar-refractivity contribution in [3.63, 3.8) is 0 Å². The molecule has 1 atom stereocenters. The van der Waals surface area contributed by atoms with Crippen LogP contribution in [-0.2, 0) is 2.60 Å². The summed E-state index contributed by atoms with van der Waals surface area (Å²) in [4.78, 5) is 0. The van der Waals surface area contributed by atoms with Gasteiger partial charge in [0.05, 0.1) is 0 Å². The molecule has 0 spiro atoms. The van der Waals surface area contributed by atoms with Crippen molar-refractivity contribution < 1.29 is 2.60 Å². The molecule has 3 heteroatoms. The first-order valence-electron chi connectivity index (χ1n) is 8.81. The fourth-order valence-electron chi connectivity index (χ4n) is 4.83. The second-order valence-corrected chi connectivity index (χ2v) is 24.7. The summed E-state index contributed by atoms with van der Waals surface area (Å²) in [6, 6.07) is 11.4. The summed E-state index contributed by atoms with van der Waals surface area (Å²) >= 11 is -2.97. The molecule has 0 saturated heterocycles. The Morgan fingerprint density at radius 1 is 0.762 bits per heavy atom. The molecule has 21 heavy (non-hydrogen) atoms. The van der Waals surface area contributed by atoms with E-state index in [-0.39, 0.29) is 0 Å². The van der Waals surface area contributed by atoms with Crippen LogP contribution < -0.4 is 3.27 Å². The molecule has 0 radical (unpaired) electrons. The van der Waals surface area contributed by atoms with Crippen LogP contribution in [0, 0.1) is 0 Å². The molecule has 1 aromatic rings. The zero-order valence-corrected chi connectivity index (χ0v) is 18.1. The number of rotatable bonds is 4. The first-order valence-corrected chi connectivity index (χ1v) is 17.3. The molecule has 0 N–H and O–H groups in total. The molecule has 3 rings (SSSR count). The molecule has 0 bridgehead atoms. The molecule has 118 valence electrons. The van der Waals surface area contributed by atoms with Crippen LogP contribution in [-0.4, -0.2) is 20.7 Å². The maximum atomic E-state index is 6.54. The van der Waals surface area contributed by atoms with E-state index in [0.29, 0.717) is 0 Å². The van der Waals surface area contributed by atoms with E-state index in [1.807, 2.05) is 0 Å².